The first-order valence-corrected chi connectivity index (χ1v) is 8.71. The van der Waals surface area contributed by atoms with Crippen LogP contribution in [0.1, 0.15) is 37.6 Å². The number of carbonyl (C=O) groups is 3. The number of nitrogens with one attached hydrogen (secondary N) is 1. The van der Waals surface area contributed by atoms with Gasteiger partial charge >= 0.3 is 0 Å². The monoisotopic (exact) mass is 344 g/mol. The zero-order chi connectivity index (χ0) is 18.0. The summed E-state index contributed by atoms with van der Waals surface area (Å²) in [7, 11) is 0. The van der Waals surface area contributed by atoms with Crippen molar-refractivity contribution in [2.45, 2.75) is 51.7 Å². The summed E-state index contributed by atoms with van der Waals surface area (Å²) in [6.45, 7) is 4.46. The van der Waals surface area contributed by atoms with Crippen LogP contribution in [0.15, 0.2) is 18.2 Å². The molecule has 3 rings (SSSR count). The van der Waals surface area contributed by atoms with Crippen molar-refractivity contribution in [1.29, 1.82) is 0 Å². The fourth-order valence-corrected chi connectivity index (χ4v) is 3.83. The van der Waals surface area contributed by atoms with Crippen LogP contribution in [0.2, 0.25) is 0 Å². The summed E-state index contributed by atoms with van der Waals surface area (Å²) < 4.78 is 0. The molecule has 2 aliphatic heterocycles. The molecule has 2 atom stereocenters. The minimum Gasteiger partial charge on any atom is -0.347 e. The number of carbonyl (C=O) groups excluding carboxylic acids is 3. The summed E-state index contributed by atoms with van der Waals surface area (Å²) in [6, 6.07) is 5.87. The van der Waals surface area contributed by atoms with Crippen LogP contribution in [0.3, 0.4) is 0 Å². The van der Waals surface area contributed by atoms with Crippen LogP contribution in [0.25, 0.3) is 0 Å². The van der Waals surface area contributed by atoms with Gasteiger partial charge in [-0.1, -0.05) is 6.07 Å². The second kappa shape index (κ2) is 7.21. The van der Waals surface area contributed by atoms with Crippen molar-refractivity contribution in [3.8, 4) is 0 Å². The van der Waals surface area contributed by atoms with Crippen molar-refractivity contribution in [3.05, 3.63) is 29.6 Å². The Morgan fingerprint density at radius 1 is 1.28 bits per heavy atom. The van der Waals surface area contributed by atoms with Crippen LogP contribution >= 0.6 is 0 Å². The summed E-state index contributed by atoms with van der Waals surface area (Å²) >= 11 is 0. The quantitative estimate of drug-likeness (QED) is 0.868. The van der Waals surface area contributed by atoms with Gasteiger partial charge in [0.1, 0.15) is 0 Å². The fourth-order valence-electron chi connectivity index (χ4n) is 3.83. The lowest BCUT2D eigenvalue weighted by Crippen LogP contribution is -2.53. The van der Waals surface area contributed by atoms with Crippen LogP contribution in [0.4, 0.5) is 0 Å². The van der Waals surface area contributed by atoms with Gasteiger partial charge in [-0.15, -0.1) is 0 Å². The highest BCUT2D eigenvalue weighted by molar-refractivity contribution is 5.85. The zero-order valence-corrected chi connectivity index (χ0v) is 14.7. The minimum atomic E-state index is -0.213. The molecule has 3 amide bonds. The van der Waals surface area contributed by atoms with Crippen LogP contribution in [-0.2, 0) is 20.9 Å². The molecule has 1 aromatic rings. The van der Waals surface area contributed by atoms with E-state index in [9.17, 15) is 14.4 Å². The van der Waals surface area contributed by atoms with Gasteiger partial charge in [0, 0.05) is 25.6 Å². The van der Waals surface area contributed by atoms with Crippen molar-refractivity contribution in [1.82, 2.24) is 20.1 Å². The summed E-state index contributed by atoms with van der Waals surface area (Å²) in [5.41, 5.74) is 1.80. The Hall–Kier alpha value is -2.44. The van der Waals surface area contributed by atoms with Crippen molar-refractivity contribution in [2.75, 3.05) is 13.1 Å². The summed E-state index contributed by atoms with van der Waals surface area (Å²) in [6.07, 6.45) is 1.90. The lowest BCUT2D eigenvalue weighted by Gasteiger charge is -2.39. The molecule has 0 aliphatic carbocycles. The molecule has 0 bridgehead atoms. The average molecular weight is 344 g/mol. The first-order chi connectivity index (χ1) is 12.0. The number of rotatable bonds is 4. The molecular formula is C18H24N4O3. The molecule has 0 radical (unpaired) electrons. The molecule has 7 nitrogen and oxygen atoms in total. The van der Waals surface area contributed by atoms with Gasteiger partial charge in [0.2, 0.25) is 17.7 Å². The zero-order valence-electron chi connectivity index (χ0n) is 14.7. The second-order valence-corrected chi connectivity index (χ2v) is 6.75. The molecule has 1 aromatic heterocycles. The van der Waals surface area contributed by atoms with E-state index in [-0.39, 0.29) is 36.3 Å². The summed E-state index contributed by atoms with van der Waals surface area (Å²) in [4.78, 5) is 44.1. The van der Waals surface area contributed by atoms with E-state index >= 15 is 0 Å². The van der Waals surface area contributed by atoms with Gasteiger partial charge in [0.25, 0.3) is 0 Å². The second-order valence-electron chi connectivity index (χ2n) is 6.75. The van der Waals surface area contributed by atoms with Crippen molar-refractivity contribution < 1.29 is 14.4 Å². The molecule has 1 N–H and O–H groups in total. The Morgan fingerprint density at radius 2 is 2.08 bits per heavy atom. The number of aryl methyl sites for hydroxylation is 1. The molecule has 0 unspecified atom stereocenters. The molecule has 2 fully saturated rings. The summed E-state index contributed by atoms with van der Waals surface area (Å²) in [5.74, 6) is -0.165. The Kier molecular flexibility index (Phi) is 5.01. The Morgan fingerprint density at radius 3 is 2.80 bits per heavy atom. The highest BCUT2D eigenvalue weighted by Crippen LogP contribution is 2.32. The maximum atomic E-state index is 12.5. The molecule has 134 valence electrons. The topological polar surface area (TPSA) is 82.6 Å². The van der Waals surface area contributed by atoms with E-state index in [2.05, 4.69) is 10.3 Å². The SMILES string of the molecule is CC(=O)NCC(=O)N1CC[C@@H]2[C@H]1CCC(=O)N2Cc1cccc(C)n1. The van der Waals surface area contributed by atoms with Gasteiger partial charge in [-0.25, -0.2) is 0 Å². The van der Waals surface area contributed by atoms with Gasteiger partial charge in [-0.3, -0.25) is 19.4 Å². The third-order valence-corrected chi connectivity index (χ3v) is 4.97. The number of hydrogen-bond acceptors (Lipinski definition) is 4. The van der Waals surface area contributed by atoms with E-state index < -0.39 is 0 Å². The first-order valence-electron chi connectivity index (χ1n) is 8.71. The number of pyridine rings is 1. The van der Waals surface area contributed by atoms with Gasteiger partial charge in [0.15, 0.2) is 0 Å². The number of piperidine rings is 1. The molecule has 0 saturated carbocycles. The Bertz CT molecular complexity index is 691. The van der Waals surface area contributed by atoms with Gasteiger partial charge in [0.05, 0.1) is 30.9 Å². The number of aromatic nitrogens is 1. The van der Waals surface area contributed by atoms with Gasteiger partial charge in [-0.05, 0) is 31.9 Å². The van der Waals surface area contributed by atoms with E-state index in [0.717, 1.165) is 17.8 Å². The maximum Gasteiger partial charge on any atom is 0.242 e. The third kappa shape index (κ3) is 3.81. The standard InChI is InChI=1S/C18H24N4O3/c1-12-4-3-5-14(20-12)11-22-16-8-9-21(15(16)6-7-17(22)24)18(25)10-19-13(2)23/h3-5,15-16H,6-11H2,1-2H3,(H,19,23)/t15-,16-/m1/s1. The van der Waals surface area contributed by atoms with Gasteiger partial charge < -0.3 is 15.1 Å². The Balaban J connectivity index is 1.71. The molecule has 2 aliphatic rings. The molecule has 0 aromatic carbocycles. The van der Waals surface area contributed by atoms with E-state index in [1.54, 1.807) is 0 Å². The molecule has 25 heavy (non-hydrogen) atoms. The van der Waals surface area contributed by atoms with E-state index in [1.165, 1.54) is 6.92 Å². The van der Waals surface area contributed by atoms with Crippen molar-refractivity contribution >= 4 is 17.7 Å². The van der Waals surface area contributed by atoms with E-state index in [4.69, 9.17) is 0 Å². The summed E-state index contributed by atoms with van der Waals surface area (Å²) in [5, 5.41) is 2.56. The van der Waals surface area contributed by atoms with Crippen LogP contribution in [0, 0.1) is 6.92 Å². The number of fused-ring (bicyclic) bond motifs is 1. The number of amides is 3. The van der Waals surface area contributed by atoms with Crippen molar-refractivity contribution in [2.24, 2.45) is 0 Å². The Labute approximate surface area is 147 Å². The predicted octanol–water partition coefficient (Wildman–Crippen LogP) is 0.618. The average Bonchev–Trinajstić information content (AvgIpc) is 2.99. The number of likely N-dealkylation sites (tertiary alicyclic amines) is 2. The number of hydrogen-bond donors (Lipinski definition) is 1. The van der Waals surface area contributed by atoms with E-state index in [0.29, 0.717) is 25.9 Å². The largest absolute Gasteiger partial charge is 0.347 e. The predicted molar refractivity (Wildman–Crippen MR) is 91.3 cm³/mol. The van der Waals surface area contributed by atoms with Gasteiger partial charge in [-0.2, -0.15) is 0 Å². The molecular weight excluding hydrogens is 320 g/mol. The highest BCUT2D eigenvalue weighted by Gasteiger charge is 2.44. The number of nitrogens with zero attached hydrogens (tertiary/aromatic N) is 3. The van der Waals surface area contributed by atoms with E-state index in [1.807, 2.05) is 34.9 Å². The first kappa shape index (κ1) is 17.4. The third-order valence-electron chi connectivity index (χ3n) is 4.97. The fraction of sp³-hybridized carbons (Fsp3) is 0.556. The molecule has 7 heteroatoms. The van der Waals surface area contributed by atoms with Crippen LogP contribution in [-0.4, -0.2) is 57.7 Å². The lowest BCUT2D eigenvalue weighted by molar-refractivity contribution is -0.142. The van der Waals surface area contributed by atoms with Crippen LogP contribution < -0.4 is 5.32 Å². The molecule has 0 spiro atoms. The normalized spacial score (nSPS) is 22.7. The van der Waals surface area contributed by atoms with Crippen LogP contribution in [0.5, 0.6) is 0 Å². The maximum absolute atomic E-state index is 12.5. The molecule has 3 heterocycles. The van der Waals surface area contributed by atoms with Crippen molar-refractivity contribution in [3.63, 3.8) is 0 Å². The minimum absolute atomic E-state index is 0.0198. The lowest BCUT2D eigenvalue weighted by atomic mass is 9.96. The smallest absolute Gasteiger partial charge is 0.242 e. The molecule has 2 saturated heterocycles. The highest BCUT2D eigenvalue weighted by atomic mass is 16.2.